The van der Waals surface area contributed by atoms with Crippen LogP contribution in [-0.2, 0) is 19.6 Å². The largest absolute Gasteiger partial charge is 0.333 e. The average molecular weight is 324 g/mol. The summed E-state index contributed by atoms with van der Waals surface area (Å²) in [6.45, 7) is 8.56. The van der Waals surface area contributed by atoms with E-state index in [9.17, 15) is 4.79 Å². The molecule has 0 aliphatic carbocycles. The smallest absolute Gasteiger partial charge is 0.252 e. The molecule has 3 rings (SSSR count). The third-order valence-corrected chi connectivity index (χ3v) is 4.15. The van der Waals surface area contributed by atoms with E-state index in [2.05, 4.69) is 33.7 Å². The number of aromatic nitrogens is 3. The van der Waals surface area contributed by atoms with Crippen LogP contribution in [0.3, 0.4) is 0 Å². The van der Waals surface area contributed by atoms with Crippen molar-refractivity contribution in [2.45, 2.75) is 40.4 Å². The summed E-state index contributed by atoms with van der Waals surface area (Å²) in [6.07, 6.45) is 3.74. The van der Waals surface area contributed by atoms with Crippen LogP contribution in [0.25, 0.3) is 10.9 Å². The van der Waals surface area contributed by atoms with Gasteiger partial charge in [0.15, 0.2) is 0 Å². The van der Waals surface area contributed by atoms with E-state index in [1.807, 2.05) is 43.7 Å². The zero-order chi connectivity index (χ0) is 17.1. The van der Waals surface area contributed by atoms with Gasteiger partial charge in [-0.05, 0) is 29.9 Å². The Hall–Kier alpha value is -2.40. The van der Waals surface area contributed by atoms with Gasteiger partial charge in [-0.25, -0.2) is 4.98 Å². The summed E-state index contributed by atoms with van der Waals surface area (Å²) >= 11 is 0. The standard InChI is InChI=1S/C19H24N4O/c1-13(2)11-23-12-21-10-17(23)9-20-8-16-7-15-6-4-5-14(3)18(15)22-19(16)24/h4-7,10,12-13,20H,8-9,11H2,1-3H3,(H,22,24). The van der Waals surface area contributed by atoms with E-state index in [1.54, 1.807) is 0 Å². The summed E-state index contributed by atoms with van der Waals surface area (Å²) in [4.78, 5) is 19.5. The van der Waals surface area contributed by atoms with Gasteiger partial charge in [-0.2, -0.15) is 0 Å². The number of nitrogens with one attached hydrogen (secondary N) is 2. The Balaban J connectivity index is 1.71. The monoisotopic (exact) mass is 324 g/mol. The van der Waals surface area contributed by atoms with Crippen LogP contribution in [0.5, 0.6) is 0 Å². The molecule has 0 unspecified atom stereocenters. The number of pyridine rings is 1. The lowest BCUT2D eigenvalue weighted by Gasteiger charge is -2.11. The quantitative estimate of drug-likeness (QED) is 0.733. The van der Waals surface area contributed by atoms with Gasteiger partial charge < -0.3 is 14.9 Å². The lowest BCUT2D eigenvalue weighted by molar-refractivity contribution is 0.500. The highest BCUT2D eigenvalue weighted by atomic mass is 16.1. The van der Waals surface area contributed by atoms with Gasteiger partial charge >= 0.3 is 0 Å². The molecule has 5 heteroatoms. The Labute approximate surface area is 141 Å². The number of hydrogen-bond acceptors (Lipinski definition) is 3. The third-order valence-electron chi connectivity index (χ3n) is 4.15. The number of rotatable bonds is 6. The minimum absolute atomic E-state index is 0.0278. The first-order chi connectivity index (χ1) is 11.5. The van der Waals surface area contributed by atoms with E-state index in [0.717, 1.165) is 34.3 Å². The van der Waals surface area contributed by atoms with Crippen molar-refractivity contribution in [1.29, 1.82) is 0 Å². The molecule has 0 aliphatic rings. The van der Waals surface area contributed by atoms with Crippen molar-refractivity contribution >= 4 is 10.9 Å². The molecule has 5 nitrogen and oxygen atoms in total. The van der Waals surface area contributed by atoms with Gasteiger partial charge in [0.1, 0.15) is 0 Å². The first-order valence-corrected chi connectivity index (χ1v) is 8.36. The van der Waals surface area contributed by atoms with Gasteiger partial charge in [0.05, 0.1) is 17.5 Å². The molecule has 0 aliphatic heterocycles. The number of benzene rings is 1. The van der Waals surface area contributed by atoms with Crippen LogP contribution in [0.1, 0.15) is 30.7 Å². The summed E-state index contributed by atoms with van der Waals surface area (Å²) in [5, 5.41) is 4.42. The number of hydrogen-bond donors (Lipinski definition) is 2. The average Bonchev–Trinajstić information content (AvgIpc) is 2.95. The lowest BCUT2D eigenvalue weighted by Crippen LogP contribution is -2.22. The van der Waals surface area contributed by atoms with Crippen molar-refractivity contribution < 1.29 is 0 Å². The van der Waals surface area contributed by atoms with Crippen LogP contribution in [-0.4, -0.2) is 14.5 Å². The minimum Gasteiger partial charge on any atom is -0.333 e. The summed E-state index contributed by atoms with van der Waals surface area (Å²) in [6, 6.07) is 8.02. The molecule has 0 bridgehead atoms. The van der Waals surface area contributed by atoms with Crippen LogP contribution < -0.4 is 10.9 Å². The van der Waals surface area contributed by atoms with Gasteiger partial charge in [-0.15, -0.1) is 0 Å². The van der Waals surface area contributed by atoms with Gasteiger partial charge in [0.2, 0.25) is 0 Å². The van der Waals surface area contributed by atoms with Crippen molar-refractivity contribution in [2.24, 2.45) is 5.92 Å². The molecule has 2 aromatic heterocycles. The Morgan fingerprint density at radius 2 is 2.12 bits per heavy atom. The van der Waals surface area contributed by atoms with Gasteiger partial charge in [0.25, 0.3) is 5.56 Å². The van der Waals surface area contributed by atoms with E-state index < -0.39 is 0 Å². The Kier molecular flexibility index (Phi) is 4.81. The summed E-state index contributed by atoms with van der Waals surface area (Å²) in [5.41, 5.74) is 3.86. The van der Waals surface area contributed by atoms with Crippen LogP contribution in [0, 0.1) is 12.8 Å². The fourth-order valence-electron chi connectivity index (χ4n) is 2.94. The second-order valence-electron chi connectivity index (χ2n) is 6.70. The molecule has 0 radical (unpaired) electrons. The molecule has 2 N–H and O–H groups in total. The van der Waals surface area contributed by atoms with Gasteiger partial charge in [0, 0.05) is 31.4 Å². The molecule has 0 atom stereocenters. The number of imidazole rings is 1. The van der Waals surface area contributed by atoms with Crippen LogP contribution in [0.15, 0.2) is 41.6 Å². The summed E-state index contributed by atoms with van der Waals surface area (Å²) in [7, 11) is 0. The third kappa shape index (κ3) is 3.57. The van der Waals surface area contributed by atoms with Crippen molar-refractivity contribution in [1.82, 2.24) is 19.9 Å². The molecule has 0 amide bonds. The Morgan fingerprint density at radius 3 is 2.92 bits per heavy atom. The van der Waals surface area contributed by atoms with Crippen LogP contribution in [0.4, 0.5) is 0 Å². The predicted molar refractivity (Wildman–Crippen MR) is 96.9 cm³/mol. The van der Waals surface area contributed by atoms with Gasteiger partial charge in [-0.3, -0.25) is 4.79 Å². The lowest BCUT2D eigenvalue weighted by atomic mass is 10.1. The highest BCUT2D eigenvalue weighted by molar-refractivity contribution is 5.81. The molecule has 0 spiro atoms. The summed E-state index contributed by atoms with van der Waals surface area (Å²) < 4.78 is 2.16. The maximum Gasteiger partial charge on any atom is 0.252 e. The SMILES string of the molecule is Cc1cccc2cc(CNCc3cncn3CC(C)C)c(=O)[nH]c12. The maximum atomic E-state index is 12.3. The molecule has 24 heavy (non-hydrogen) atoms. The minimum atomic E-state index is -0.0278. The number of fused-ring (bicyclic) bond motifs is 1. The van der Waals surface area contributed by atoms with Crippen LogP contribution >= 0.6 is 0 Å². The first-order valence-electron chi connectivity index (χ1n) is 8.36. The number of nitrogens with zero attached hydrogens (tertiary/aromatic N) is 2. The predicted octanol–water partition coefficient (Wildman–Crippen LogP) is 2.98. The van der Waals surface area contributed by atoms with E-state index >= 15 is 0 Å². The topological polar surface area (TPSA) is 62.7 Å². The first kappa shape index (κ1) is 16.5. The van der Waals surface area contributed by atoms with E-state index in [1.165, 1.54) is 0 Å². The number of aryl methyl sites for hydroxylation is 1. The number of para-hydroxylation sites is 1. The molecule has 1 aromatic carbocycles. The molecule has 3 aromatic rings. The number of aromatic amines is 1. The Morgan fingerprint density at radius 1 is 1.29 bits per heavy atom. The normalized spacial score (nSPS) is 11.5. The molecule has 2 heterocycles. The second kappa shape index (κ2) is 7.01. The molecule has 0 fully saturated rings. The van der Waals surface area contributed by atoms with Crippen molar-refractivity contribution in [3.05, 3.63) is 64.0 Å². The zero-order valence-corrected chi connectivity index (χ0v) is 14.5. The highest BCUT2D eigenvalue weighted by Gasteiger charge is 2.07. The fourth-order valence-corrected chi connectivity index (χ4v) is 2.94. The van der Waals surface area contributed by atoms with Crippen molar-refractivity contribution in [3.63, 3.8) is 0 Å². The summed E-state index contributed by atoms with van der Waals surface area (Å²) in [5.74, 6) is 0.574. The number of H-pyrrole nitrogens is 1. The zero-order valence-electron chi connectivity index (χ0n) is 14.5. The highest BCUT2D eigenvalue weighted by Crippen LogP contribution is 2.15. The molecule has 0 saturated carbocycles. The molecular formula is C19H24N4O. The molecular weight excluding hydrogens is 300 g/mol. The second-order valence-corrected chi connectivity index (χ2v) is 6.70. The van der Waals surface area contributed by atoms with Crippen LogP contribution in [0.2, 0.25) is 0 Å². The van der Waals surface area contributed by atoms with E-state index in [0.29, 0.717) is 19.0 Å². The Bertz CT molecular complexity index is 892. The van der Waals surface area contributed by atoms with E-state index in [4.69, 9.17) is 0 Å². The molecule has 0 saturated heterocycles. The van der Waals surface area contributed by atoms with Gasteiger partial charge in [-0.1, -0.05) is 32.0 Å². The fraction of sp³-hybridized carbons (Fsp3) is 0.368. The van der Waals surface area contributed by atoms with E-state index in [-0.39, 0.29) is 5.56 Å². The van der Waals surface area contributed by atoms with Crippen molar-refractivity contribution in [2.75, 3.05) is 0 Å². The molecule has 126 valence electrons. The van der Waals surface area contributed by atoms with Crippen molar-refractivity contribution in [3.8, 4) is 0 Å². The maximum absolute atomic E-state index is 12.3.